The van der Waals surface area contributed by atoms with Crippen LogP contribution in [0.15, 0.2) is 59.3 Å². The van der Waals surface area contributed by atoms with E-state index in [0.717, 1.165) is 73.7 Å². The highest BCUT2D eigenvalue weighted by atomic mass is 16.5. The fraction of sp³-hybridized carbons (Fsp3) is 0.348. The van der Waals surface area contributed by atoms with Crippen molar-refractivity contribution >= 4 is 16.8 Å². The minimum Gasteiger partial charge on any atom is -0.354 e. The number of hydrogen-bond donors (Lipinski definition) is 0. The first kappa shape index (κ1) is 18.8. The molecule has 5 rings (SSSR count). The van der Waals surface area contributed by atoms with Crippen LogP contribution in [-0.4, -0.2) is 51.2 Å². The maximum absolute atomic E-state index is 5.50. The molecule has 0 atom stereocenters. The molecule has 7 heteroatoms. The summed E-state index contributed by atoms with van der Waals surface area (Å²) in [4.78, 5) is 4.77. The predicted molar refractivity (Wildman–Crippen MR) is 117 cm³/mol. The Labute approximate surface area is 175 Å². The van der Waals surface area contributed by atoms with Gasteiger partial charge in [0.25, 0.3) is 0 Å². The molecule has 0 amide bonds. The Morgan fingerprint density at radius 2 is 1.83 bits per heavy atom. The van der Waals surface area contributed by atoms with Crippen molar-refractivity contribution in [2.45, 2.75) is 26.3 Å². The van der Waals surface area contributed by atoms with Crippen LogP contribution in [0.4, 0.5) is 5.82 Å². The van der Waals surface area contributed by atoms with Crippen molar-refractivity contribution < 1.29 is 4.52 Å². The molecule has 1 saturated heterocycles. The number of aryl methyl sites for hydroxylation is 1. The molecule has 1 aliphatic heterocycles. The molecule has 2 aromatic carbocycles. The molecule has 0 bridgehead atoms. The second kappa shape index (κ2) is 8.28. The van der Waals surface area contributed by atoms with Crippen LogP contribution in [0.25, 0.3) is 16.7 Å². The van der Waals surface area contributed by atoms with Gasteiger partial charge in [0.1, 0.15) is 0 Å². The van der Waals surface area contributed by atoms with E-state index in [0.29, 0.717) is 0 Å². The van der Waals surface area contributed by atoms with E-state index < -0.39 is 0 Å². The molecule has 1 aliphatic rings. The Balaban J connectivity index is 1.24. The van der Waals surface area contributed by atoms with Crippen LogP contribution < -0.4 is 4.90 Å². The summed E-state index contributed by atoms with van der Waals surface area (Å²) in [5.41, 5.74) is 4.21. The first-order valence-corrected chi connectivity index (χ1v) is 10.6. The lowest BCUT2D eigenvalue weighted by Gasteiger charge is -2.20. The molecule has 0 saturated carbocycles. The summed E-state index contributed by atoms with van der Waals surface area (Å²) in [5.74, 6) is 0.953. The van der Waals surface area contributed by atoms with Crippen LogP contribution in [0.3, 0.4) is 0 Å². The Bertz CT molecular complexity index is 1120. The van der Waals surface area contributed by atoms with Gasteiger partial charge >= 0.3 is 0 Å². The van der Waals surface area contributed by atoms with Gasteiger partial charge in [-0.1, -0.05) is 41.6 Å². The van der Waals surface area contributed by atoms with Gasteiger partial charge in [-0.15, -0.1) is 5.10 Å². The second-order valence-corrected chi connectivity index (χ2v) is 7.79. The molecule has 4 aromatic rings. The average Bonchev–Trinajstić information content (AvgIpc) is 3.37. The number of aromatic nitrogens is 4. The fourth-order valence-corrected chi connectivity index (χ4v) is 4.05. The summed E-state index contributed by atoms with van der Waals surface area (Å²) in [6, 6.07) is 16.6. The summed E-state index contributed by atoms with van der Waals surface area (Å²) in [6.07, 6.45) is 4.15. The number of para-hydroxylation sites is 1. The maximum atomic E-state index is 5.50. The quantitative estimate of drug-likeness (QED) is 0.507. The van der Waals surface area contributed by atoms with Crippen molar-refractivity contribution in [1.82, 2.24) is 25.1 Å². The zero-order valence-corrected chi connectivity index (χ0v) is 17.2. The number of rotatable bonds is 5. The fourth-order valence-electron chi connectivity index (χ4n) is 4.05. The molecular formula is C23H26N6O. The molecule has 1 fully saturated rings. The number of benzene rings is 2. The van der Waals surface area contributed by atoms with Crippen LogP contribution in [0.1, 0.15) is 24.6 Å². The number of anilines is 1. The molecule has 0 aliphatic carbocycles. The van der Waals surface area contributed by atoms with Gasteiger partial charge < -0.3 is 9.42 Å². The SMILES string of the molecule is CCc1ccc(-n2cc(CN3CCCN(c4noc5ccccc45)CC3)nn2)cc1. The summed E-state index contributed by atoms with van der Waals surface area (Å²) in [7, 11) is 0. The Morgan fingerprint density at radius 1 is 0.967 bits per heavy atom. The summed E-state index contributed by atoms with van der Waals surface area (Å²) >= 11 is 0. The minimum absolute atomic E-state index is 0.806. The molecule has 2 aromatic heterocycles. The van der Waals surface area contributed by atoms with Crippen LogP contribution in [0.2, 0.25) is 0 Å². The van der Waals surface area contributed by atoms with Crippen molar-refractivity contribution in [3.63, 3.8) is 0 Å². The first-order valence-electron chi connectivity index (χ1n) is 10.6. The van der Waals surface area contributed by atoms with E-state index in [1.807, 2.05) is 29.1 Å². The van der Waals surface area contributed by atoms with Gasteiger partial charge in [0.15, 0.2) is 11.4 Å². The van der Waals surface area contributed by atoms with Crippen molar-refractivity contribution in [1.29, 1.82) is 0 Å². The standard InChI is InChI=1S/C23H26N6O/c1-2-18-8-10-20(11-9-18)29-17-19(24-26-29)16-27-12-5-13-28(15-14-27)23-21-6-3-4-7-22(21)30-25-23/h3-4,6-11,17H,2,5,12-16H2,1H3. The van der Waals surface area contributed by atoms with Crippen molar-refractivity contribution in [2.24, 2.45) is 0 Å². The van der Waals surface area contributed by atoms with Crippen molar-refractivity contribution in [2.75, 3.05) is 31.1 Å². The zero-order valence-electron chi connectivity index (χ0n) is 17.2. The molecule has 0 spiro atoms. The molecule has 0 N–H and O–H groups in total. The van der Waals surface area contributed by atoms with Gasteiger partial charge in [0.05, 0.1) is 23.0 Å². The van der Waals surface area contributed by atoms with E-state index in [4.69, 9.17) is 4.52 Å². The smallest absolute Gasteiger partial charge is 0.179 e. The third-order valence-electron chi connectivity index (χ3n) is 5.78. The summed E-state index contributed by atoms with van der Waals surface area (Å²) in [6.45, 7) is 6.85. The Morgan fingerprint density at radius 3 is 2.70 bits per heavy atom. The third kappa shape index (κ3) is 3.80. The monoisotopic (exact) mass is 402 g/mol. The van der Waals surface area contributed by atoms with E-state index in [9.17, 15) is 0 Å². The van der Waals surface area contributed by atoms with Gasteiger partial charge in [-0.25, -0.2) is 4.68 Å². The Hall–Kier alpha value is -3.19. The number of fused-ring (bicyclic) bond motifs is 1. The van der Waals surface area contributed by atoms with Crippen molar-refractivity contribution in [3.05, 3.63) is 66.0 Å². The second-order valence-electron chi connectivity index (χ2n) is 7.79. The highest BCUT2D eigenvalue weighted by Crippen LogP contribution is 2.26. The summed E-state index contributed by atoms with van der Waals surface area (Å²) in [5, 5.41) is 14.1. The van der Waals surface area contributed by atoms with E-state index in [2.05, 4.69) is 62.5 Å². The summed E-state index contributed by atoms with van der Waals surface area (Å²) < 4.78 is 7.36. The molecule has 30 heavy (non-hydrogen) atoms. The predicted octanol–water partition coefficient (Wildman–Crippen LogP) is 3.68. The minimum atomic E-state index is 0.806. The van der Waals surface area contributed by atoms with Crippen LogP contribution in [0.5, 0.6) is 0 Å². The first-order chi connectivity index (χ1) is 14.8. The lowest BCUT2D eigenvalue weighted by molar-refractivity contribution is 0.282. The molecule has 0 radical (unpaired) electrons. The third-order valence-corrected chi connectivity index (χ3v) is 5.78. The van der Waals surface area contributed by atoms with Crippen LogP contribution >= 0.6 is 0 Å². The van der Waals surface area contributed by atoms with E-state index in [1.165, 1.54) is 5.56 Å². The molecule has 7 nitrogen and oxygen atoms in total. The van der Waals surface area contributed by atoms with Crippen LogP contribution in [0, 0.1) is 0 Å². The lowest BCUT2D eigenvalue weighted by atomic mass is 10.1. The molecule has 0 unspecified atom stereocenters. The Kier molecular flexibility index (Phi) is 5.19. The molecular weight excluding hydrogens is 376 g/mol. The van der Waals surface area contributed by atoms with Gasteiger partial charge in [0, 0.05) is 32.7 Å². The van der Waals surface area contributed by atoms with Gasteiger partial charge in [0.2, 0.25) is 0 Å². The molecule has 3 heterocycles. The van der Waals surface area contributed by atoms with E-state index in [1.54, 1.807) is 0 Å². The van der Waals surface area contributed by atoms with Gasteiger partial charge in [-0.05, 0) is 42.7 Å². The lowest BCUT2D eigenvalue weighted by Crippen LogP contribution is -2.30. The van der Waals surface area contributed by atoms with E-state index >= 15 is 0 Å². The largest absolute Gasteiger partial charge is 0.354 e. The van der Waals surface area contributed by atoms with Crippen LogP contribution in [-0.2, 0) is 13.0 Å². The van der Waals surface area contributed by atoms with E-state index in [-0.39, 0.29) is 0 Å². The number of nitrogens with zero attached hydrogens (tertiary/aromatic N) is 6. The highest BCUT2D eigenvalue weighted by molar-refractivity contribution is 5.88. The highest BCUT2D eigenvalue weighted by Gasteiger charge is 2.20. The number of hydrogen-bond acceptors (Lipinski definition) is 6. The van der Waals surface area contributed by atoms with Gasteiger partial charge in [-0.2, -0.15) is 0 Å². The topological polar surface area (TPSA) is 63.2 Å². The van der Waals surface area contributed by atoms with Gasteiger partial charge in [-0.3, -0.25) is 4.90 Å². The average molecular weight is 403 g/mol. The maximum Gasteiger partial charge on any atom is 0.179 e. The van der Waals surface area contributed by atoms with Crippen molar-refractivity contribution in [3.8, 4) is 5.69 Å². The zero-order chi connectivity index (χ0) is 20.3. The normalized spacial score (nSPS) is 15.6. The molecule has 154 valence electrons.